The van der Waals surface area contributed by atoms with Crippen molar-refractivity contribution >= 4 is 11.8 Å². The highest BCUT2D eigenvalue weighted by Crippen LogP contribution is 2.26. The van der Waals surface area contributed by atoms with Crippen LogP contribution in [0.25, 0.3) is 0 Å². The van der Waals surface area contributed by atoms with Crippen LogP contribution in [0.2, 0.25) is 0 Å². The highest BCUT2D eigenvalue weighted by atomic mass is 16.3. The molecule has 0 radical (unpaired) electrons. The fourth-order valence-electron chi connectivity index (χ4n) is 2.47. The molecule has 1 saturated carbocycles. The second-order valence-corrected chi connectivity index (χ2v) is 5.92. The highest BCUT2D eigenvalue weighted by Gasteiger charge is 2.26. The lowest BCUT2D eigenvalue weighted by molar-refractivity contribution is 0.0739. The van der Waals surface area contributed by atoms with Gasteiger partial charge in [-0.1, -0.05) is 13.8 Å². The van der Waals surface area contributed by atoms with Gasteiger partial charge in [-0.25, -0.2) is 4.98 Å². The first-order valence-electron chi connectivity index (χ1n) is 7.62. The van der Waals surface area contributed by atoms with E-state index in [1.807, 2.05) is 6.07 Å². The zero-order chi connectivity index (χ0) is 14.5. The van der Waals surface area contributed by atoms with Crippen molar-refractivity contribution in [1.29, 1.82) is 0 Å². The number of hydrogen-bond donors (Lipinski definition) is 3. The maximum atomic E-state index is 9.95. The number of nitrogens with one attached hydrogen (secondary N) is 2. The number of aliphatic hydroxyl groups excluding tert-OH is 1. The number of anilines is 2. The summed E-state index contributed by atoms with van der Waals surface area (Å²) in [6.07, 6.45) is 5.52. The minimum absolute atomic E-state index is 0.208. The number of aromatic nitrogens is 2. The molecule has 0 unspecified atom stereocenters. The van der Waals surface area contributed by atoms with Gasteiger partial charge in [-0.15, -0.1) is 0 Å². The average molecular weight is 278 g/mol. The van der Waals surface area contributed by atoms with Crippen LogP contribution in [0.15, 0.2) is 12.3 Å². The molecule has 0 aliphatic heterocycles. The van der Waals surface area contributed by atoms with E-state index in [0.29, 0.717) is 23.9 Å². The topological polar surface area (TPSA) is 70.1 Å². The summed E-state index contributed by atoms with van der Waals surface area (Å²) in [5, 5.41) is 16.6. The Kier molecular flexibility index (Phi) is 5.17. The minimum Gasteiger partial charge on any atom is -0.393 e. The number of hydrogen-bond acceptors (Lipinski definition) is 5. The van der Waals surface area contributed by atoms with E-state index in [2.05, 4.69) is 41.4 Å². The summed E-state index contributed by atoms with van der Waals surface area (Å²) in [6, 6.07) is 2.54. The van der Waals surface area contributed by atoms with E-state index >= 15 is 0 Å². The fraction of sp³-hybridized carbons (Fsp3) is 0.733. The summed E-state index contributed by atoms with van der Waals surface area (Å²) in [5.74, 6) is 1.90. The van der Waals surface area contributed by atoms with Gasteiger partial charge in [-0.2, -0.15) is 4.98 Å². The fourth-order valence-corrected chi connectivity index (χ4v) is 2.47. The molecule has 3 N–H and O–H groups in total. The SMILES string of the molecule is CC[C@H](C)Nc1nccc(N[C@@H]2CC[C@@H](C)[C@H](O)C2)n1. The van der Waals surface area contributed by atoms with E-state index in [1.54, 1.807) is 6.20 Å². The van der Waals surface area contributed by atoms with Gasteiger partial charge in [0.2, 0.25) is 5.95 Å². The zero-order valence-corrected chi connectivity index (χ0v) is 12.6. The summed E-state index contributed by atoms with van der Waals surface area (Å²) < 4.78 is 0. The second-order valence-electron chi connectivity index (χ2n) is 5.92. The van der Waals surface area contributed by atoms with E-state index in [0.717, 1.165) is 31.5 Å². The van der Waals surface area contributed by atoms with Gasteiger partial charge in [0.25, 0.3) is 0 Å². The standard InChI is InChI=1S/C15H26N4O/c1-4-11(3)17-15-16-8-7-14(19-15)18-12-6-5-10(2)13(20)9-12/h7-8,10-13,20H,4-6,9H2,1-3H3,(H2,16,17,18,19)/t10-,11+,12-,13-/m1/s1. The van der Waals surface area contributed by atoms with Crippen molar-refractivity contribution in [1.82, 2.24) is 9.97 Å². The van der Waals surface area contributed by atoms with Crippen molar-refractivity contribution in [3.63, 3.8) is 0 Å². The van der Waals surface area contributed by atoms with Crippen LogP contribution in [0.1, 0.15) is 46.5 Å². The zero-order valence-electron chi connectivity index (χ0n) is 12.6. The van der Waals surface area contributed by atoms with Crippen LogP contribution in [0, 0.1) is 5.92 Å². The Morgan fingerprint density at radius 1 is 1.45 bits per heavy atom. The Bertz CT molecular complexity index is 426. The van der Waals surface area contributed by atoms with Gasteiger partial charge in [0.05, 0.1) is 6.10 Å². The summed E-state index contributed by atoms with van der Waals surface area (Å²) in [4.78, 5) is 8.72. The molecule has 0 amide bonds. The van der Waals surface area contributed by atoms with Crippen molar-refractivity contribution in [2.75, 3.05) is 10.6 Å². The van der Waals surface area contributed by atoms with Crippen LogP contribution in [0.5, 0.6) is 0 Å². The maximum absolute atomic E-state index is 9.95. The molecule has 0 spiro atoms. The monoisotopic (exact) mass is 278 g/mol. The molecule has 1 fully saturated rings. The third-order valence-electron chi connectivity index (χ3n) is 4.15. The molecule has 1 aromatic rings. The van der Waals surface area contributed by atoms with Crippen LogP contribution in [0.4, 0.5) is 11.8 Å². The predicted octanol–water partition coefficient (Wildman–Crippen LogP) is 2.65. The highest BCUT2D eigenvalue weighted by molar-refractivity contribution is 5.40. The van der Waals surface area contributed by atoms with Crippen molar-refractivity contribution in [2.24, 2.45) is 5.92 Å². The van der Waals surface area contributed by atoms with Crippen molar-refractivity contribution < 1.29 is 5.11 Å². The van der Waals surface area contributed by atoms with Crippen molar-refractivity contribution in [2.45, 2.75) is 64.6 Å². The molecular weight excluding hydrogens is 252 g/mol. The Hall–Kier alpha value is -1.36. The molecule has 112 valence electrons. The van der Waals surface area contributed by atoms with E-state index in [9.17, 15) is 5.11 Å². The molecular formula is C15H26N4O. The van der Waals surface area contributed by atoms with Gasteiger partial charge in [0.15, 0.2) is 0 Å². The molecule has 2 rings (SSSR count). The Labute approximate surface area is 121 Å². The molecule has 5 heteroatoms. The van der Waals surface area contributed by atoms with Gasteiger partial charge >= 0.3 is 0 Å². The Balaban J connectivity index is 1.94. The van der Waals surface area contributed by atoms with Crippen LogP contribution in [-0.4, -0.2) is 33.3 Å². The average Bonchev–Trinajstić information content (AvgIpc) is 2.43. The number of aliphatic hydroxyl groups is 1. The maximum Gasteiger partial charge on any atom is 0.224 e. The quantitative estimate of drug-likeness (QED) is 0.772. The van der Waals surface area contributed by atoms with Crippen molar-refractivity contribution in [3.8, 4) is 0 Å². The molecule has 0 saturated heterocycles. The van der Waals surface area contributed by atoms with Crippen LogP contribution in [0.3, 0.4) is 0 Å². The summed E-state index contributed by atoms with van der Waals surface area (Å²) in [7, 11) is 0. The van der Waals surface area contributed by atoms with E-state index in [4.69, 9.17) is 0 Å². The normalized spacial score (nSPS) is 27.9. The molecule has 4 atom stereocenters. The molecule has 0 bridgehead atoms. The van der Waals surface area contributed by atoms with Gasteiger partial charge < -0.3 is 15.7 Å². The van der Waals surface area contributed by atoms with E-state index in [-0.39, 0.29) is 6.10 Å². The lowest BCUT2D eigenvalue weighted by Gasteiger charge is -2.31. The van der Waals surface area contributed by atoms with Gasteiger partial charge in [-0.05, 0) is 44.6 Å². The Morgan fingerprint density at radius 2 is 2.25 bits per heavy atom. The van der Waals surface area contributed by atoms with E-state index in [1.165, 1.54) is 0 Å². The van der Waals surface area contributed by atoms with Crippen LogP contribution < -0.4 is 10.6 Å². The Morgan fingerprint density at radius 3 is 2.95 bits per heavy atom. The first-order valence-corrected chi connectivity index (χ1v) is 7.62. The van der Waals surface area contributed by atoms with Crippen LogP contribution in [-0.2, 0) is 0 Å². The third-order valence-corrected chi connectivity index (χ3v) is 4.15. The molecule has 1 aliphatic carbocycles. The minimum atomic E-state index is -0.208. The lowest BCUT2D eigenvalue weighted by Crippen LogP contribution is -2.35. The lowest BCUT2D eigenvalue weighted by atomic mass is 9.85. The predicted molar refractivity (Wildman–Crippen MR) is 81.8 cm³/mol. The largest absolute Gasteiger partial charge is 0.393 e. The molecule has 5 nitrogen and oxygen atoms in total. The van der Waals surface area contributed by atoms with Gasteiger partial charge in [0, 0.05) is 18.3 Å². The molecule has 1 aromatic heterocycles. The first-order chi connectivity index (χ1) is 9.58. The molecule has 0 aromatic carbocycles. The van der Waals surface area contributed by atoms with Gasteiger partial charge in [0.1, 0.15) is 5.82 Å². The first kappa shape index (κ1) is 15.0. The molecule has 1 heterocycles. The van der Waals surface area contributed by atoms with Crippen molar-refractivity contribution in [3.05, 3.63) is 12.3 Å². The molecule has 20 heavy (non-hydrogen) atoms. The number of nitrogens with zero attached hydrogens (tertiary/aromatic N) is 2. The summed E-state index contributed by atoms with van der Waals surface area (Å²) in [5.41, 5.74) is 0. The second kappa shape index (κ2) is 6.88. The molecule has 1 aliphatic rings. The van der Waals surface area contributed by atoms with Gasteiger partial charge in [-0.3, -0.25) is 0 Å². The summed E-state index contributed by atoms with van der Waals surface area (Å²) >= 11 is 0. The smallest absolute Gasteiger partial charge is 0.224 e. The van der Waals surface area contributed by atoms with Crippen LogP contribution >= 0.6 is 0 Å². The number of rotatable bonds is 5. The summed E-state index contributed by atoms with van der Waals surface area (Å²) in [6.45, 7) is 6.35. The van der Waals surface area contributed by atoms with E-state index < -0.39 is 0 Å². The third kappa shape index (κ3) is 4.07.